The first-order valence-electron chi connectivity index (χ1n) is 9.44. The quantitative estimate of drug-likeness (QED) is 0.633. The van der Waals surface area contributed by atoms with Gasteiger partial charge in [0.25, 0.3) is 5.91 Å². The maximum absolute atomic E-state index is 12.3. The van der Waals surface area contributed by atoms with Gasteiger partial charge < -0.3 is 10.6 Å². The van der Waals surface area contributed by atoms with Crippen LogP contribution in [0.25, 0.3) is 0 Å². The molecule has 0 saturated heterocycles. The van der Waals surface area contributed by atoms with Crippen LogP contribution in [0, 0.1) is 0 Å². The third-order valence-corrected chi connectivity index (χ3v) is 4.58. The van der Waals surface area contributed by atoms with Gasteiger partial charge >= 0.3 is 0 Å². The predicted molar refractivity (Wildman–Crippen MR) is 111 cm³/mol. The SMILES string of the molecule is O=C(CCNC(=O)c1ccccc1)NCC(c1ccccc1)c1ccccc1. The van der Waals surface area contributed by atoms with Gasteiger partial charge in [-0.05, 0) is 23.3 Å². The van der Waals surface area contributed by atoms with Crippen molar-refractivity contribution in [3.05, 3.63) is 108 Å². The van der Waals surface area contributed by atoms with Crippen molar-refractivity contribution in [3.8, 4) is 0 Å². The van der Waals surface area contributed by atoms with Crippen molar-refractivity contribution in [1.82, 2.24) is 10.6 Å². The molecule has 0 aliphatic heterocycles. The van der Waals surface area contributed by atoms with Crippen LogP contribution in [-0.4, -0.2) is 24.9 Å². The van der Waals surface area contributed by atoms with Gasteiger partial charge in [-0.25, -0.2) is 0 Å². The molecular formula is C24H24N2O2. The molecule has 0 fully saturated rings. The van der Waals surface area contributed by atoms with Crippen molar-refractivity contribution in [1.29, 1.82) is 0 Å². The van der Waals surface area contributed by atoms with Crippen molar-refractivity contribution < 1.29 is 9.59 Å². The molecule has 0 bridgehead atoms. The van der Waals surface area contributed by atoms with Crippen LogP contribution in [0.1, 0.15) is 33.8 Å². The first kappa shape index (κ1) is 19.4. The molecular weight excluding hydrogens is 348 g/mol. The number of benzene rings is 3. The second-order valence-corrected chi connectivity index (χ2v) is 6.55. The summed E-state index contributed by atoms with van der Waals surface area (Å²) in [4.78, 5) is 24.3. The minimum Gasteiger partial charge on any atom is -0.355 e. The van der Waals surface area contributed by atoms with Crippen molar-refractivity contribution >= 4 is 11.8 Å². The number of hydrogen-bond donors (Lipinski definition) is 2. The summed E-state index contributed by atoms with van der Waals surface area (Å²) in [7, 11) is 0. The molecule has 0 aliphatic rings. The molecule has 3 rings (SSSR count). The second-order valence-electron chi connectivity index (χ2n) is 6.55. The summed E-state index contributed by atoms with van der Waals surface area (Å²) in [5.74, 6) is -0.157. The normalized spacial score (nSPS) is 10.5. The van der Waals surface area contributed by atoms with E-state index in [4.69, 9.17) is 0 Å². The van der Waals surface area contributed by atoms with Gasteiger partial charge in [0.1, 0.15) is 0 Å². The first-order valence-corrected chi connectivity index (χ1v) is 9.44. The lowest BCUT2D eigenvalue weighted by Gasteiger charge is -2.19. The summed E-state index contributed by atoms with van der Waals surface area (Å²) in [6, 6.07) is 29.3. The molecule has 0 spiro atoms. The lowest BCUT2D eigenvalue weighted by molar-refractivity contribution is -0.120. The zero-order valence-corrected chi connectivity index (χ0v) is 15.7. The van der Waals surface area contributed by atoms with Crippen molar-refractivity contribution in [2.24, 2.45) is 0 Å². The third kappa shape index (κ3) is 5.55. The highest BCUT2D eigenvalue weighted by Gasteiger charge is 2.15. The highest BCUT2D eigenvalue weighted by molar-refractivity contribution is 5.94. The van der Waals surface area contributed by atoms with E-state index >= 15 is 0 Å². The maximum atomic E-state index is 12.3. The number of hydrogen-bond acceptors (Lipinski definition) is 2. The summed E-state index contributed by atoms with van der Waals surface area (Å²) < 4.78 is 0. The Morgan fingerprint density at radius 3 is 1.71 bits per heavy atom. The van der Waals surface area contributed by atoms with E-state index < -0.39 is 0 Å². The molecule has 3 aromatic carbocycles. The van der Waals surface area contributed by atoms with E-state index in [1.807, 2.05) is 54.6 Å². The Balaban J connectivity index is 1.52. The van der Waals surface area contributed by atoms with E-state index in [2.05, 4.69) is 34.9 Å². The fourth-order valence-corrected chi connectivity index (χ4v) is 3.08. The van der Waals surface area contributed by atoms with Crippen LogP contribution in [-0.2, 0) is 4.79 Å². The molecule has 4 nitrogen and oxygen atoms in total. The highest BCUT2D eigenvalue weighted by atomic mass is 16.2. The van der Waals surface area contributed by atoms with Gasteiger partial charge in [0, 0.05) is 31.0 Å². The monoisotopic (exact) mass is 372 g/mol. The first-order chi connectivity index (χ1) is 13.7. The zero-order valence-electron chi connectivity index (χ0n) is 15.7. The number of rotatable bonds is 8. The van der Waals surface area contributed by atoms with E-state index in [9.17, 15) is 9.59 Å². The lowest BCUT2D eigenvalue weighted by Crippen LogP contribution is -2.33. The predicted octanol–water partition coefficient (Wildman–Crippen LogP) is 3.75. The molecule has 3 aromatic rings. The van der Waals surface area contributed by atoms with Crippen LogP contribution in [0.5, 0.6) is 0 Å². The van der Waals surface area contributed by atoms with Crippen LogP contribution in [0.3, 0.4) is 0 Å². The standard InChI is InChI=1S/C24H24N2O2/c27-23(16-17-25-24(28)21-14-8-3-9-15-21)26-18-22(19-10-4-1-5-11-19)20-12-6-2-7-13-20/h1-15,22H,16-18H2,(H,25,28)(H,26,27). The lowest BCUT2D eigenvalue weighted by atomic mass is 9.91. The molecule has 0 atom stereocenters. The molecule has 2 N–H and O–H groups in total. The summed E-state index contributed by atoms with van der Waals surface area (Å²) in [6.45, 7) is 0.820. The molecule has 0 aliphatic carbocycles. The molecule has 0 heterocycles. The van der Waals surface area contributed by atoms with Gasteiger partial charge in [-0.3, -0.25) is 9.59 Å². The summed E-state index contributed by atoms with van der Waals surface area (Å²) in [5.41, 5.74) is 2.91. The zero-order chi connectivity index (χ0) is 19.6. The Morgan fingerprint density at radius 1 is 0.679 bits per heavy atom. The largest absolute Gasteiger partial charge is 0.355 e. The average molecular weight is 372 g/mol. The fourth-order valence-electron chi connectivity index (χ4n) is 3.08. The van der Waals surface area contributed by atoms with Gasteiger partial charge in [-0.15, -0.1) is 0 Å². The fraction of sp³-hybridized carbons (Fsp3) is 0.167. The molecule has 0 radical (unpaired) electrons. The smallest absolute Gasteiger partial charge is 0.251 e. The summed E-state index contributed by atoms with van der Waals surface area (Å²) in [6.07, 6.45) is 0.245. The molecule has 2 amide bonds. The van der Waals surface area contributed by atoms with E-state index in [0.29, 0.717) is 18.7 Å². The number of carbonyl (C=O) groups excluding carboxylic acids is 2. The minimum absolute atomic E-state index is 0.0785. The van der Waals surface area contributed by atoms with Crippen LogP contribution in [0.2, 0.25) is 0 Å². The van der Waals surface area contributed by atoms with Crippen molar-refractivity contribution in [2.75, 3.05) is 13.1 Å². The third-order valence-electron chi connectivity index (χ3n) is 4.58. The van der Waals surface area contributed by atoms with Crippen molar-refractivity contribution in [2.45, 2.75) is 12.3 Å². The second kappa shape index (κ2) is 10.1. The maximum Gasteiger partial charge on any atom is 0.251 e. The summed E-state index contributed by atoms with van der Waals surface area (Å²) in [5, 5.41) is 5.78. The van der Waals surface area contributed by atoms with E-state index in [0.717, 1.165) is 11.1 Å². The van der Waals surface area contributed by atoms with E-state index in [1.165, 1.54) is 0 Å². The van der Waals surface area contributed by atoms with Crippen LogP contribution in [0.4, 0.5) is 0 Å². The van der Waals surface area contributed by atoms with Gasteiger partial charge in [0.2, 0.25) is 5.91 Å². The Hall–Kier alpha value is -3.40. The average Bonchev–Trinajstić information content (AvgIpc) is 2.76. The summed E-state index contributed by atoms with van der Waals surface area (Å²) >= 11 is 0. The number of nitrogens with one attached hydrogen (secondary N) is 2. The van der Waals surface area contributed by atoms with Crippen LogP contribution < -0.4 is 10.6 Å². The van der Waals surface area contributed by atoms with Crippen LogP contribution >= 0.6 is 0 Å². The van der Waals surface area contributed by atoms with Crippen molar-refractivity contribution in [3.63, 3.8) is 0 Å². The Kier molecular flexibility index (Phi) is 6.96. The highest BCUT2D eigenvalue weighted by Crippen LogP contribution is 2.23. The molecule has 28 heavy (non-hydrogen) atoms. The topological polar surface area (TPSA) is 58.2 Å². The van der Waals surface area contributed by atoms with Gasteiger partial charge in [0.15, 0.2) is 0 Å². The molecule has 0 saturated carbocycles. The van der Waals surface area contributed by atoms with Gasteiger partial charge in [-0.1, -0.05) is 78.9 Å². The molecule has 142 valence electrons. The van der Waals surface area contributed by atoms with Gasteiger partial charge in [0.05, 0.1) is 0 Å². The Morgan fingerprint density at radius 2 is 1.18 bits per heavy atom. The van der Waals surface area contributed by atoms with Crippen LogP contribution in [0.15, 0.2) is 91.0 Å². The van der Waals surface area contributed by atoms with Gasteiger partial charge in [-0.2, -0.15) is 0 Å². The molecule has 4 heteroatoms. The Labute approximate surface area is 165 Å². The number of amides is 2. The van der Waals surface area contributed by atoms with E-state index in [1.54, 1.807) is 12.1 Å². The Bertz CT molecular complexity index is 841. The van der Waals surface area contributed by atoms with E-state index in [-0.39, 0.29) is 24.2 Å². The number of carbonyl (C=O) groups is 2. The molecule has 0 aromatic heterocycles. The molecule has 0 unspecified atom stereocenters. The minimum atomic E-state index is -0.167.